The molecule has 1 aromatic carbocycles. The van der Waals surface area contributed by atoms with Crippen molar-refractivity contribution in [2.75, 3.05) is 6.54 Å². The molecule has 2 aromatic rings. The molecule has 0 spiro atoms. The summed E-state index contributed by atoms with van der Waals surface area (Å²) in [5.41, 5.74) is 2.57. The molecule has 0 amide bonds. The van der Waals surface area contributed by atoms with Crippen LogP contribution in [0.15, 0.2) is 35.1 Å². The molecule has 0 radical (unpaired) electrons. The Kier molecular flexibility index (Phi) is 4.55. The van der Waals surface area contributed by atoms with Gasteiger partial charge in [0.05, 0.1) is 0 Å². The smallest absolute Gasteiger partial charge is 0.109 e. The largest absolute Gasteiger partial charge is 0.338 e. The maximum absolute atomic E-state index is 4.30. The predicted octanol–water partition coefficient (Wildman–Crippen LogP) is 2.82. The topological polar surface area (TPSA) is 29.9 Å². The third-order valence-corrected chi connectivity index (χ3v) is 3.87. The van der Waals surface area contributed by atoms with E-state index in [1.807, 2.05) is 19.4 Å². The molecular weight excluding hydrogens is 290 g/mol. The molecule has 0 bridgehead atoms. The van der Waals surface area contributed by atoms with Gasteiger partial charge in [-0.05, 0) is 24.1 Å². The van der Waals surface area contributed by atoms with Crippen molar-refractivity contribution < 1.29 is 0 Å². The van der Waals surface area contributed by atoms with Crippen molar-refractivity contribution in [3.8, 4) is 0 Å². The van der Waals surface area contributed by atoms with Crippen molar-refractivity contribution >= 4 is 15.9 Å². The van der Waals surface area contributed by atoms with Crippen LogP contribution < -0.4 is 5.32 Å². The lowest BCUT2D eigenvalue weighted by Crippen LogP contribution is -2.18. The molecule has 0 aliphatic rings. The monoisotopic (exact) mass is 307 g/mol. The summed E-state index contributed by atoms with van der Waals surface area (Å²) < 4.78 is 3.23. The highest BCUT2D eigenvalue weighted by Gasteiger charge is 2.00. The van der Waals surface area contributed by atoms with Crippen LogP contribution in [-0.2, 0) is 20.0 Å². The van der Waals surface area contributed by atoms with Gasteiger partial charge >= 0.3 is 0 Å². The number of benzene rings is 1. The van der Waals surface area contributed by atoms with Gasteiger partial charge in [0.2, 0.25) is 0 Å². The van der Waals surface area contributed by atoms with Gasteiger partial charge in [0.15, 0.2) is 0 Å². The summed E-state index contributed by atoms with van der Waals surface area (Å²) in [6, 6.07) is 6.47. The molecule has 0 saturated carbocycles. The molecule has 0 fully saturated rings. The summed E-state index contributed by atoms with van der Waals surface area (Å²) in [5.74, 6) is 1.12. The number of rotatable bonds is 5. The van der Waals surface area contributed by atoms with Crippen LogP contribution in [-0.4, -0.2) is 16.1 Å². The highest BCUT2D eigenvalue weighted by molar-refractivity contribution is 9.10. The first-order chi connectivity index (χ1) is 8.66. The minimum atomic E-state index is 0.892. The van der Waals surface area contributed by atoms with E-state index in [0.29, 0.717) is 0 Å². The van der Waals surface area contributed by atoms with Gasteiger partial charge in [-0.1, -0.05) is 28.1 Å². The lowest BCUT2D eigenvalue weighted by atomic mass is 10.1. The average molecular weight is 308 g/mol. The first-order valence-electron chi connectivity index (χ1n) is 6.09. The molecule has 1 heterocycles. The van der Waals surface area contributed by atoms with E-state index < -0.39 is 0 Å². The van der Waals surface area contributed by atoms with Crippen molar-refractivity contribution in [1.29, 1.82) is 0 Å². The van der Waals surface area contributed by atoms with Crippen molar-refractivity contribution in [3.63, 3.8) is 0 Å². The van der Waals surface area contributed by atoms with E-state index in [9.17, 15) is 0 Å². The SMILES string of the molecule is Cc1ccc(CNCCc2nccn2C)cc1Br. The Morgan fingerprint density at radius 3 is 2.89 bits per heavy atom. The molecule has 0 aliphatic heterocycles. The molecule has 3 nitrogen and oxygen atoms in total. The molecule has 1 N–H and O–H groups in total. The number of nitrogens with zero attached hydrogens (tertiary/aromatic N) is 2. The van der Waals surface area contributed by atoms with Crippen LogP contribution in [0.25, 0.3) is 0 Å². The molecule has 0 unspecified atom stereocenters. The summed E-state index contributed by atoms with van der Waals surface area (Å²) in [6.45, 7) is 3.93. The maximum Gasteiger partial charge on any atom is 0.109 e. The second-order valence-corrected chi connectivity index (χ2v) is 5.32. The number of aryl methyl sites for hydroxylation is 2. The highest BCUT2D eigenvalue weighted by atomic mass is 79.9. The molecule has 2 rings (SSSR count). The van der Waals surface area contributed by atoms with E-state index in [4.69, 9.17) is 0 Å². The number of hydrogen-bond acceptors (Lipinski definition) is 2. The fraction of sp³-hybridized carbons (Fsp3) is 0.357. The number of halogens is 1. The van der Waals surface area contributed by atoms with Gasteiger partial charge in [0.1, 0.15) is 5.82 Å². The lowest BCUT2D eigenvalue weighted by molar-refractivity contribution is 0.655. The summed E-state index contributed by atoms with van der Waals surface area (Å²) in [6.07, 6.45) is 4.77. The van der Waals surface area contributed by atoms with Crippen LogP contribution in [0.3, 0.4) is 0 Å². The van der Waals surface area contributed by atoms with Gasteiger partial charge in [0, 0.05) is 43.4 Å². The van der Waals surface area contributed by atoms with E-state index in [0.717, 1.165) is 25.3 Å². The van der Waals surface area contributed by atoms with Gasteiger partial charge in [-0.2, -0.15) is 0 Å². The Morgan fingerprint density at radius 1 is 1.39 bits per heavy atom. The van der Waals surface area contributed by atoms with E-state index in [1.165, 1.54) is 15.6 Å². The summed E-state index contributed by atoms with van der Waals surface area (Å²) in [7, 11) is 2.03. The minimum absolute atomic E-state index is 0.892. The molecule has 0 atom stereocenters. The second-order valence-electron chi connectivity index (χ2n) is 4.46. The second kappa shape index (κ2) is 6.16. The van der Waals surface area contributed by atoms with Gasteiger partial charge in [0.25, 0.3) is 0 Å². The van der Waals surface area contributed by atoms with Crippen LogP contribution in [0.1, 0.15) is 17.0 Å². The van der Waals surface area contributed by atoms with Crippen molar-refractivity contribution in [1.82, 2.24) is 14.9 Å². The summed E-state index contributed by atoms with van der Waals surface area (Å²) in [5, 5.41) is 3.44. The fourth-order valence-corrected chi connectivity index (χ4v) is 2.24. The van der Waals surface area contributed by atoms with Crippen molar-refractivity contribution in [3.05, 3.63) is 52.0 Å². The van der Waals surface area contributed by atoms with E-state index >= 15 is 0 Å². The Bertz CT molecular complexity index is 520. The molecule has 1 aromatic heterocycles. The molecular formula is C14H18BrN3. The Balaban J connectivity index is 1.78. The van der Waals surface area contributed by atoms with Gasteiger partial charge in [-0.3, -0.25) is 0 Å². The maximum atomic E-state index is 4.30. The summed E-state index contributed by atoms with van der Waals surface area (Å²) in [4.78, 5) is 4.30. The normalized spacial score (nSPS) is 10.8. The molecule has 18 heavy (non-hydrogen) atoms. The molecule has 4 heteroatoms. The van der Waals surface area contributed by atoms with Crippen molar-refractivity contribution in [2.24, 2.45) is 7.05 Å². The third-order valence-electron chi connectivity index (χ3n) is 3.01. The zero-order valence-corrected chi connectivity index (χ0v) is 12.4. The molecule has 0 saturated heterocycles. The summed E-state index contributed by atoms with van der Waals surface area (Å²) >= 11 is 3.55. The number of aromatic nitrogens is 2. The van der Waals surface area contributed by atoms with E-state index in [-0.39, 0.29) is 0 Å². The zero-order chi connectivity index (χ0) is 13.0. The van der Waals surface area contributed by atoms with E-state index in [2.05, 4.69) is 55.9 Å². The Labute approximate surface area is 116 Å². The Hall–Kier alpha value is -1.13. The predicted molar refractivity (Wildman–Crippen MR) is 77.5 cm³/mol. The van der Waals surface area contributed by atoms with Crippen LogP contribution in [0.2, 0.25) is 0 Å². The van der Waals surface area contributed by atoms with Gasteiger partial charge < -0.3 is 9.88 Å². The number of nitrogens with one attached hydrogen (secondary N) is 1. The average Bonchev–Trinajstić information content (AvgIpc) is 2.75. The standard InChI is InChI=1S/C14H18BrN3/c1-11-3-4-12(9-13(11)15)10-16-6-5-14-17-7-8-18(14)2/h3-4,7-9,16H,5-6,10H2,1-2H3. The minimum Gasteiger partial charge on any atom is -0.338 e. The van der Waals surface area contributed by atoms with Crippen molar-refractivity contribution in [2.45, 2.75) is 19.9 Å². The Morgan fingerprint density at radius 2 is 2.22 bits per heavy atom. The van der Waals surface area contributed by atoms with Crippen LogP contribution >= 0.6 is 15.9 Å². The number of hydrogen-bond donors (Lipinski definition) is 1. The lowest BCUT2D eigenvalue weighted by Gasteiger charge is -2.07. The first-order valence-corrected chi connectivity index (χ1v) is 6.88. The van der Waals surface area contributed by atoms with E-state index in [1.54, 1.807) is 0 Å². The zero-order valence-electron chi connectivity index (χ0n) is 10.8. The van der Waals surface area contributed by atoms with Gasteiger partial charge in [-0.25, -0.2) is 4.98 Å². The first kappa shape index (κ1) is 13.3. The molecule has 0 aliphatic carbocycles. The number of imidazole rings is 1. The van der Waals surface area contributed by atoms with Gasteiger partial charge in [-0.15, -0.1) is 0 Å². The highest BCUT2D eigenvalue weighted by Crippen LogP contribution is 2.17. The third kappa shape index (κ3) is 3.43. The molecule has 96 valence electrons. The fourth-order valence-electron chi connectivity index (χ4n) is 1.82. The quantitative estimate of drug-likeness (QED) is 0.861. The van der Waals surface area contributed by atoms with Crippen LogP contribution in [0.4, 0.5) is 0 Å². The van der Waals surface area contributed by atoms with Crippen LogP contribution in [0.5, 0.6) is 0 Å². The van der Waals surface area contributed by atoms with Crippen LogP contribution in [0, 0.1) is 6.92 Å².